The van der Waals surface area contributed by atoms with Crippen molar-refractivity contribution in [2.45, 2.75) is 32.2 Å². The molecule has 110 valence electrons. The Bertz CT molecular complexity index is 624. The fourth-order valence-electron chi connectivity index (χ4n) is 2.27. The molecule has 0 saturated heterocycles. The predicted molar refractivity (Wildman–Crippen MR) is 76.0 cm³/mol. The van der Waals surface area contributed by atoms with Crippen LogP contribution < -0.4 is 4.74 Å². The van der Waals surface area contributed by atoms with Gasteiger partial charge in [-0.3, -0.25) is 0 Å². The molecule has 1 atom stereocenters. The largest absolute Gasteiger partial charge is 0.425 e. The van der Waals surface area contributed by atoms with Crippen LogP contribution in [-0.2, 0) is 21.2 Å². The molecule has 0 radical (unpaired) electrons. The van der Waals surface area contributed by atoms with E-state index in [1.807, 2.05) is 12.1 Å². The quantitative estimate of drug-likeness (QED) is 0.615. The van der Waals surface area contributed by atoms with E-state index in [0.29, 0.717) is 11.3 Å². The molecule has 0 saturated carbocycles. The number of sulfonamides is 1. The first-order chi connectivity index (χ1) is 9.34. The number of rotatable bonds is 5. The maximum Gasteiger partial charge on any atom is 0.334 e. The normalized spacial score (nSPS) is 18.2. The average Bonchev–Trinajstić information content (AvgIpc) is 2.69. The van der Waals surface area contributed by atoms with E-state index >= 15 is 0 Å². The van der Waals surface area contributed by atoms with Gasteiger partial charge in [-0.25, -0.2) is 13.2 Å². The number of nitrogens with zero attached hydrogens (tertiary/aromatic N) is 1. The molecule has 2 rings (SSSR count). The lowest BCUT2D eigenvalue weighted by molar-refractivity contribution is -0.136. The van der Waals surface area contributed by atoms with Crippen LogP contribution in [0, 0.1) is 0 Å². The highest BCUT2D eigenvalue weighted by Gasteiger charge is 2.39. The number of carbonyl (C=O) groups is 1. The Balaban J connectivity index is 2.37. The minimum atomic E-state index is -3.46. The van der Waals surface area contributed by atoms with E-state index in [0.717, 1.165) is 35.4 Å². The zero-order valence-electron chi connectivity index (χ0n) is 11.9. The zero-order chi connectivity index (χ0) is 14.9. The second kappa shape index (κ2) is 5.54. The van der Waals surface area contributed by atoms with Gasteiger partial charge >= 0.3 is 5.97 Å². The SMILES string of the molecule is CCCCc1ccc2c(c1)C(N(C)S(C)(=O)=O)C(=O)O2. The topological polar surface area (TPSA) is 63.7 Å². The van der Waals surface area contributed by atoms with Crippen molar-refractivity contribution in [3.8, 4) is 5.75 Å². The van der Waals surface area contributed by atoms with Crippen molar-refractivity contribution in [2.75, 3.05) is 13.3 Å². The smallest absolute Gasteiger partial charge is 0.334 e. The predicted octanol–water partition coefficient (Wildman–Crippen LogP) is 1.88. The number of fused-ring (bicyclic) bond motifs is 1. The summed E-state index contributed by atoms with van der Waals surface area (Å²) < 4.78 is 29.5. The Labute approximate surface area is 119 Å². The van der Waals surface area contributed by atoms with Crippen molar-refractivity contribution in [1.82, 2.24) is 4.31 Å². The van der Waals surface area contributed by atoms with Gasteiger partial charge in [-0.1, -0.05) is 19.4 Å². The Morgan fingerprint density at radius 1 is 1.35 bits per heavy atom. The molecule has 1 aromatic rings. The van der Waals surface area contributed by atoms with Crippen LogP contribution in [0.2, 0.25) is 0 Å². The molecule has 0 aliphatic carbocycles. The molecule has 1 aliphatic rings. The Hall–Kier alpha value is -1.40. The second-order valence-corrected chi connectivity index (χ2v) is 7.12. The number of likely N-dealkylation sites (N-methyl/N-ethyl adjacent to an activating group) is 1. The Kier molecular flexibility index (Phi) is 4.15. The molecule has 0 bridgehead atoms. The van der Waals surface area contributed by atoms with E-state index in [4.69, 9.17) is 4.74 Å². The summed E-state index contributed by atoms with van der Waals surface area (Å²) in [5.41, 5.74) is 1.73. The van der Waals surface area contributed by atoms with Crippen molar-refractivity contribution in [2.24, 2.45) is 0 Å². The molecule has 0 spiro atoms. The molecule has 1 unspecified atom stereocenters. The molecular weight excluding hydrogens is 278 g/mol. The second-order valence-electron chi connectivity index (χ2n) is 5.08. The van der Waals surface area contributed by atoms with Crippen LogP contribution in [-0.4, -0.2) is 32.0 Å². The van der Waals surface area contributed by atoms with Gasteiger partial charge in [0.2, 0.25) is 10.0 Å². The summed E-state index contributed by atoms with van der Waals surface area (Å²) in [4.78, 5) is 11.9. The molecule has 1 aliphatic heterocycles. The van der Waals surface area contributed by atoms with Gasteiger partial charge in [0.05, 0.1) is 6.26 Å². The maximum absolute atomic E-state index is 11.9. The Morgan fingerprint density at radius 3 is 2.65 bits per heavy atom. The third-order valence-corrected chi connectivity index (χ3v) is 4.77. The van der Waals surface area contributed by atoms with E-state index in [1.165, 1.54) is 7.05 Å². The van der Waals surface area contributed by atoms with E-state index in [2.05, 4.69) is 6.92 Å². The summed E-state index contributed by atoms with van der Waals surface area (Å²) in [6.07, 6.45) is 4.13. The molecular formula is C14H19NO4S. The highest BCUT2D eigenvalue weighted by Crippen LogP contribution is 2.38. The molecule has 0 aromatic heterocycles. The number of hydrogen-bond donors (Lipinski definition) is 0. The van der Waals surface area contributed by atoms with Gasteiger partial charge in [0.1, 0.15) is 5.75 Å². The zero-order valence-corrected chi connectivity index (χ0v) is 12.7. The Morgan fingerprint density at radius 2 is 2.05 bits per heavy atom. The summed E-state index contributed by atoms with van der Waals surface area (Å²) in [7, 11) is -2.06. The van der Waals surface area contributed by atoms with Crippen LogP contribution in [0.1, 0.15) is 36.9 Å². The van der Waals surface area contributed by atoms with Crippen LogP contribution >= 0.6 is 0 Å². The van der Waals surface area contributed by atoms with Crippen LogP contribution in [0.5, 0.6) is 5.75 Å². The number of unbranched alkanes of at least 4 members (excludes halogenated alkanes) is 1. The minimum absolute atomic E-state index is 0.454. The van der Waals surface area contributed by atoms with Crippen molar-refractivity contribution in [1.29, 1.82) is 0 Å². The first-order valence-corrected chi connectivity index (χ1v) is 8.47. The third-order valence-electron chi connectivity index (χ3n) is 3.51. The van der Waals surface area contributed by atoms with Crippen LogP contribution in [0.4, 0.5) is 0 Å². The van der Waals surface area contributed by atoms with Gasteiger partial charge in [0.25, 0.3) is 0 Å². The molecule has 0 fully saturated rings. The van der Waals surface area contributed by atoms with E-state index in [1.54, 1.807) is 6.07 Å². The number of benzene rings is 1. The van der Waals surface area contributed by atoms with Gasteiger partial charge in [-0.15, -0.1) is 0 Å². The van der Waals surface area contributed by atoms with Crippen molar-refractivity contribution >= 4 is 16.0 Å². The van der Waals surface area contributed by atoms with Crippen LogP contribution in [0.15, 0.2) is 18.2 Å². The fourth-order valence-corrected chi connectivity index (χ4v) is 2.85. The first kappa shape index (κ1) is 15.0. The number of aryl methyl sites for hydroxylation is 1. The lowest BCUT2D eigenvalue weighted by Crippen LogP contribution is -2.33. The van der Waals surface area contributed by atoms with Crippen molar-refractivity contribution in [3.05, 3.63) is 29.3 Å². The number of ether oxygens (including phenoxy) is 1. The molecule has 6 heteroatoms. The monoisotopic (exact) mass is 297 g/mol. The number of carbonyl (C=O) groups excluding carboxylic acids is 1. The van der Waals surface area contributed by atoms with E-state index in [9.17, 15) is 13.2 Å². The molecule has 1 heterocycles. The van der Waals surface area contributed by atoms with Gasteiger partial charge in [0.15, 0.2) is 6.04 Å². The summed E-state index contributed by atoms with van der Waals surface area (Å²) in [5, 5.41) is 0. The minimum Gasteiger partial charge on any atom is -0.425 e. The van der Waals surface area contributed by atoms with Gasteiger partial charge in [0, 0.05) is 12.6 Å². The van der Waals surface area contributed by atoms with E-state index < -0.39 is 22.0 Å². The summed E-state index contributed by atoms with van der Waals surface area (Å²) in [5.74, 6) is -0.0867. The average molecular weight is 297 g/mol. The standard InChI is InChI=1S/C14H19NO4S/c1-4-5-6-10-7-8-12-11(9-10)13(14(16)19-12)15(2)20(3,17)18/h7-9,13H,4-6H2,1-3H3. The number of esters is 1. The summed E-state index contributed by atoms with van der Waals surface area (Å²) >= 11 is 0. The van der Waals surface area contributed by atoms with Crippen LogP contribution in [0.25, 0.3) is 0 Å². The molecule has 20 heavy (non-hydrogen) atoms. The molecule has 0 amide bonds. The lowest BCUT2D eigenvalue weighted by atomic mass is 10.0. The molecule has 5 nitrogen and oxygen atoms in total. The van der Waals surface area contributed by atoms with E-state index in [-0.39, 0.29) is 0 Å². The molecule has 1 aromatic carbocycles. The van der Waals surface area contributed by atoms with Crippen molar-refractivity contribution < 1.29 is 17.9 Å². The van der Waals surface area contributed by atoms with Gasteiger partial charge in [-0.2, -0.15) is 4.31 Å². The lowest BCUT2D eigenvalue weighted by Gasteiger charge is -2.19. The van der Waals surface area contributed by atoms with Crippen LogP contribution in [0.3, 0.4) is 0 Å². The summed E-state index contributed by atoms with van der Waals surface area (Å²) in [6.45, 7) is 2.11. The highest BCUT2D eigenvalue weighted by atomic mass is 32.2. The number of hydrogen-bond acceptors (Lipinski definition) is 4. The third kappa shape index (κ3) is 2.86. The van der Waals surface area contributed by atoms with Gasteiger partial charge < -0.3 is 4.74 Å². The molecule has 0 N–H and O–H groups in total. The van der Waals surface area contributed by atoms with Gasteiger partial charge in [-0.05, 0) is 30.5 Å². The first-order valence-electron chi connectivity index (χ1n) is 6.62. The van der Waals surface area contributed by atoms with Crippen molar-refractivity contribution in [3.63, 3.8) is 0 Å². The fraction of sp³-hybridized carbons (Fsp3) is 0.500. The summed E-state index contributed by atoms with van der Waals surface area (Å²) in [6, 6.07) is 4.67. The highest BCUT2D eigenvalue weighted by molar-refractivity contribution is 7.88. The maximum atomic E-state index is 11.9.